The molecule has 112 valence electrons. The van der Waals surface area contributed by atoms with Crippen LogP contribution in [0.1, 0.15) is 36.6 Å². The highest BCUT2D eigenvalue weighted by Crippen LogP contribution is 2.27. The summed E-state index contributed by atoms with van der Waals surface area (Å²) < 4.78 is 0. The maximum atomic E-state index is 11.4. The summed E-state index contributed by atoms with van der Waals surface area (Å²) in [7, 11) is 0. The van der Waals surface area contributed by atoms with Crippen molar-refractivity contribution < 1.29 is 29.7 Å². The zero-order valence-corrected chi connectivity index (χ0v) is 11.5. The van der Waals surface area contributed by atoms with Crippen molar-refractivity contribution in [2.75, 3.05) is 0 Å². The van der Waals surface area contributed by atoms with E-state index in [1.54, 1.807) is 13.0 Å². The normalized spacial score (nSPS) is 10.2. The quantitative estimate of drug-likeness (QED) is 0.800. The molecule has 0 bridgehead atoms. The third-order valence-electron chi connectivity index (χ3n) is 3.14. The molecule has 2 aromatic rings. The monoisotopic (exact) mass is 300 g/mol. The van der Waals surface area contributed by atoms with Crippen LogP contribution in [0.25, 0.3) is 11.1 Å². The molecule has 0 amide bonds. The Balaban J connectivity index is 2.74. The van der Waals surface area contributed by atoms with Gasteiger partial charge in [0.15, 0.2) is 0 Å². The summed E-state index contributed by atoms with van der Waals surface area (Å²) in [6.45, 7) is 1.73. The van der Waals surface area contributed by atoms with E-state index in [0.29, 0.717) is 0 Å². The number of aryl methyl sites for hydroxylation is 1. The minimum absolute atomic E-state index is 0.0149. The molecule has 0 aliphatic rings. The van der Waals surface area contributed by atoms with Crippen molar-refractivity contribution in [3.8, 4) is 11.1 Å². The van der Waals surface area contributed by atoms with Gasteiger partial charge < -0.3 is 15.3 Å². The third kappa shape index (κ3) is 2.95. The van der Waals surface area contributed by atoms with Gasteiger partial charge in [-0.1, -0.05) is 17.7 Å². The van der Waals surface area contributed by atoms with Gasteiger partial charge in [-0.05, 0) is 42.3 Å². The fourth-order valence-corrected chi connectivity index (χ4v) is 2.12. The molecule has 22 heavy (non-hydrogen) atoms. The van der Waals surface area contributed by atoms with E-state index in [0.717, 1.165) is 11.6 Å². The molecule has 2 rings (SSSR count). The highest BCUT2D eigenvalue weighted by Gasteiger charge is 2.16. The average Bonchev–Trinajstić information content (AvgIpc) is 2.46. The molecule has 0 aromatic heterocycles. The molecule has 0 saturated heterocycles. The number of carbonyl (C=O) groups is 3. The number of hydrogen-bond donors (Lipinski definition) is 3. The second-order valence-electron chi connectivity index (χ2n) is 4.76. The summed E-state index contributed by atoms with van der Waals surface area (Å²) >= 11 is 0. The van der Waals surface area contributed by atoms with E-state index in [-0.39, 0.29) is 27.8 Å². The van der Waals surface area contributed by atoms with Gasteiger partial charge in [-0.25, -0.2) is 14.4 Å². The molecule has 0 heterocycles. The first-order valence-electron chi connectivity index (χ1n) is 6.25. The zero-order chi connectivity index (χ0) is 16.4. The Morgan fingerprint density at radius 3 is 1.77 bits per heavy atom. The van der Waals surface area contributed by atoms with Gasteiger partial charge in [-0.15, -0.1) is 0 Å². The number of carboxylic acid groups (broad SMARTS) is 3. The van der Waals surface area contributed by atoms with Crippen LogP contribution < -0.4 is 0 Å². The highest BCUT2D eigenvalue weighted by molar-refractivity contribution is 6.00. The summed E-state index contributed by atoms with van der Waals surface area (Å²) in [5.41, 5.74) is 0.782. The molecule has 0 aliphatic carbocycles. The summed E-state index contributed by atoms with van der Waals surface area (Å²) in [5, 5.41) is 27.4. The lowest BCUT2D eigenvalue weighted by molar-refractivity contribution is 0.0683. The van der Waals surface area contributed by atoms with Crippen molar-refractivity contribution in [1.29, 1.82) is 0 Å². The lowest BCUT2D eigenvalue weighted by atomic mass is 9.94. The standard InChI is InChI=1S/C16H12O6/c1-8-2-3-12(13(4-8)16(21)22)9-5-10(14(17)18)7-11(6-9)15(19)20/h2-7H,1H3,(H,17,18)(H,19,20)(H,21,22). The number of rotatable bonds is 4. The molecule has 0 atom stereocenters. The maximum absolute atomic E-state index is 11.4. The molecule has 0 aliphatic heterocycles. The molecule has 0 saturated carbocycles. The molecule has 0 fully saturated rings. The molecule has 0 spiro atoms. The first kappa shape index (κ1) is 15.2. The fourth-order valence-electron chi connectivity index (χ4n) is 2.12. The van der Waals surface area contributed by atoms with Crippen LogP contribution in [0.4, 0.5) is 0 Å². The summed E-state index contributed by atoms with van der Waals surface area (Å²) in [5.74, 6) is -3.74. The van der Waals surface area contributed by atoms with Crippen LogP contribution in [0.3, 0.4) is 0 Å². The molecular formula is C16H12O6. The second kappa shape index (κ2) is 5.69. The van der Waals surface area contributed by atoms with Crippen molar-refractivity contribution in [2.24, 2.45) is 0 Å². The Morgan fingerprint density at radius 1 is 0.773 bits per heavy atom. The first-order valence-corrected chi connectivity index (χ1v) is 6.25. The van der Waals surface area contributed by atoms with E-state index < -0.39 is 17.9 Å². The van der Waals surface area contributed by atoms with Gasteiger partial charge in [-0.3, -0.25) is 0 Å². The van der Waals surface area contributed by atoms with Crippen LogP contribution in [0.15, 0.2) is 36.4 Å². The van der Waals surface area contributed by atoms with Crippen LogP contribution in [-0.4, -0.2) is 33.2 Å². The Hall–Kier alpha value is -3.15. The van der Waals surface area contributed by atoms with Crippen LogP contribution in [0.5, 0.6) is 0 Å². The Morgan fingerprint density at radius 2 is 1.32 bits per heavy atom. The van der Waals surface area contributed by atoms with Gasteiger partial charge in [0.2, 0.25) is 0 Å². The summed E-state index contributed by atoms with van der Waals surface area (Å²) in [6, 6.07) is 8.20. The molecular weight excluding hydrogens is 288 g/mol. The third-order valence-corrected chi connectivity index (χ3v) is 3.14. The van der Waals surface area contributed by atoms with Crippen molar-refractivity contribution in [2.45, 2.75) is 6.92 Å². The maximum Gasteiger partial charge on any atom is 0.336 e. The summed E-state index contributed by atoms with van der Waals surface area (Å²) in [6.07, 6.45) is 0. The summed E-state index contributed by atoms with van der Waals surface area (Å²) in [4.78, 5) is 33.6. The minimum Gasteiger partial charge on any atom is -0.478 e. The van der Waals surface area contributed by atoms with Gasteiger partial charge >= 0.3 is 17.9 Å². The number of hydrogen-bond acceptors (Lipinski definition) is 3. The Kier molecular flexibility index (Phi) is 3.94. The van der Waals surface area contributed by atoms with Gasteiger partial charge in [0.25, 0.3) is 0 Å². The average molecular weight is 300 g/mol. The smallest absolute Gasteiger partial charge is 0.336 e. The van der Waals surface area contributed by atoms with Crippen molar-refractivity contribution in [3.63, 3.8) is 0 Å². The molecule has 0 unspecified atom stereocenters. The largest absolute Gasteiger partial charge is 0.478 e. The zero-order valence-electron chi connectivity index (χ0n) is 11.5. The molecule has 0 radical (unpaired) electrons. The molecule has 6 heteroatoms. The second-order valence-corrected chi connectivity index (χ2v) is 4.76. The minimum atomic E-state index is -1.28. The van der Waals surface area contributed by atoms with E-state index in [1.165, 1.54) is 24.3 Å². The Bertz CT molecular complexity index is 759. The topological polar surface area (TPSA) is 112 Å². The van der Waals surface area contributed by atoms with Crippen molar-refractivity contribution in [1.82, 2.24) is 0 Å². The van der Waals surface area contributed by atoms with E-state index in [9.17, 15) is 19.5 Å². The first-order chi connectivity index (χ1) is 10.3. The van der Waals surface area contributed by atoms with E-state index in [1.807, 2.05) is 0 Å². The van der Waals surface area contributed by atoms with Crippen molar-refractivity contribution >= 4 is 17.9 Å². The number of benzene rings is 2. The van der Waals surface area contributed by atoms with E-state index in [2.05, 4.69) is 0 Å². The van der Waals surface area contributed by atoms with Crippen LogP contribution >= 0.6 is 0 Å². The molecule has 3 N–H and O–H groups in total. The van der Waals surface area contributed by atoms with Crippen LogP contribution in [0, 0.1) is 6.92 Å². The fraction of sp³-hybridized carbons (Fsp3) is 0.0625. The molecule has 6 nitrogen and oxygen atoms in total. The van der Waals surface area contributed by atoms with Gasteiger partial charge in [-0.2, -0.15) is 0 Å². The molecule has 2 aromatic carbocycles. The lowest BCUT2D eigenvalue weighted by Gasteiger charge is -2.10. The van der Waals surface area contributed by atoms with E-state index >= 15 is 0 Å². The van der Waals surface area contributed by atoms with E-state index in [4.69, 9.17) is 10.2 Å². The predicted molar refractivity (Wildman–Crippen MR) is 77.5 cm³/mol. The van der Waals surface area contributed by atoms with Gasteiger partial charge in [0.05, 0.1) is 16.7 Å². The van der Waals surface area contributed by atoms with Crippen molar-refractivity contribution in [3.05, 3.63) is 58.7 Å². The number of aromatic carboxylic acids is 3. The SMILES string of the molecule is Cc1ccc(-c2cc(C(=O)O)cc(C(=O)O)c2)c(C(=O)O)c1. The highest BCUT2D eigenvalue weighted by atomic mass is 16.4. The van der Waals surface area contributed by atoms with Gasteiger partial charge in [0, 0.05) is 0 Å². The Labute approximate surface area is 125 Å². The predicted octanol–water partition coefficient (Wildman–Crippen LogP) is 2.76. The van der Waals surface area contributed by atoms with Crippen LogP contribution in [-0.2, 0) is 0 Å². The number of carboxylic acids is 3. The van der Waals surface area contributed by atoms with Gasteiger partial charge in [0.1, 0.15) is 0 Å². The van der Waals surface area contributed by atoms with Crippen LogP contribution in [0.2, 0.25) is 0 Å². The lowest BCUT2D eigenvalue weighted by Crippen LogP contribution is -2.05.